The molecule has 0 unspecified atom stereocenters. The van der Waals surface area contributed by atoms with Gasteiger partial charge in [-0.25, -0.2) is 0 Å². The van der Waals surface area contributed by atoms with E-state index < -0.39 is 0 Å². The van der Waals surface area contributed by atoms with Crippen molar-refractivity contribution in [3.8, 4) is 0 Å². The highest BCUT2D eigenvalue weighted by molar-refractivity contribution is 9.11. The van der Waals surface area contributed by atoms with E-state index in [2.05, 4.69) is 92.5 Å². The highest BCUT2D eigenvalue weighted by atomic mass is 79.9. The number of hydrogen-bond acceptors (Lipinski definition) is 2. The third kappa shape index (κ3) is 3.43. The van der Waals surface area contributed by atoms with Gasteiger partial charge < -0.3 is 0 Å². The monoisotopic (exact) mass is 528 g/mol. The molecule has 8 rings (SSSR count). The normalized spacial score (nSPS) is 14.6. The lowest BCUT2D eigenvalue weighted by atomic mass is 9.93. The Bertz CT molecular complexity index is 1050. The molecule has 0 amide bonds. The Labute approximate surface area is 190 Å². The average molecular weight is 530 g/mol. The van der Waals surface area contributed by atoms with Crippen molar-refractivity contribution < 1.29 is 0 Å². The number of rotatable bonds is 0. The van der Waals surface area contributed by atoms with Crippen LogP contribution in [0.15, 0.2) is 69.6 Å². The van der Waals surface area contributed by atoms with Crippen molar-refractivity contribution in [2.75, 3.05) is 0 Å². The van der Waals surface area contributed by atoms with Crippen LogP contribution in [0.4, 0.5) is 0 Å². The van der Waals surface area contributed by atoms with Crippen LogP contribution in [0.25, 0.3) is 21.5 Å². The molecule has 4 aromatic carbocycles. The van der Waals surface area contributed by atoms with Crippen molar-refractivity contribution in [3.63, 3.8) is 0 Å². The van der Waals surface area contributed by atoms with Crippen LogP contribution in [0.5, 0.6) is 0 Å². The first-order chi connectivity index (χ1) is 13.7. The van der Waals surface area contributed by atoms with E-state index in [1.165, 1.54) is 52.7 Å². The Morgan fingerprint density at radius 3 is 1.25 bits per heavy atom. The SMILES string of the molecule is Brc1cc2c(Br)cc1CSCc1c3ccccc3c(c3ccccc13)CSC2. The topological polar surface area (TPSA) is 0 Å². The summed E-state index contributed by atoms with van der Waals surface area (Å²) in [6.45, 7) is 0. The van der Waals surface area contributed by atoms with Crippen LogP contribution in [0.1, 0.15) is 22.3 Å². The first-order valence-corrected chi connectivity index (χ1v) is 13.2. The second kappa shape index (κ2) is 8.06. The Morgan fingerprint density at radius 1 is 0.536 bits per heavy atom. The van der Waals surface area contributed by atoms with Gasteiger partial charge in [0.15, 0.2) is 0 Å². The molecule has 0 spiro atoms. The van der Waals surface area contributed by atoms with Crippen LogP contribution in [0, 0.1) is 0 Å². The van der Waals surface area contributed by atoms with Crippen LogP contribution < -0.4 is 0 Å². The van der Waals surface area contributed by atoms with Crippen LogP contribution in [0.2, 0.25) is 0 Å². The zero-order valence-corrected chi connectivity index (χ0v) is 20.0. The molecule has 0 radical (unpaired) electrons. The summed E-state index contributed by atoms with van der Waals surface area (Å²) in [7, 11) is 0. The molecule has 4 aliphatic heterocycles. The third-order valence-corrected chi connectivity index (χ3v) is 8.87. The molecule has 140 valence electrons. The van der Waals surface area contributed by atoms with Gasteiger partial charge in [-0.2, -0.15) is 23.5 Å². The quantitative estimate of drug-likeness (QED) is 0.209. The Kier molecular flexibility index (Phi) is 5.48. The van der Waals surface area contributed by atoms with Crippen molar-refractivity contribution in [2.45, 2.75) is 23.0 Å². The van der Waals surface area contributed by atoms with E-state index in [-0.39, 0.29) is 0 Å². The van der Waals surface area contributed by atoms with Gasteiger partial charge in [-0.15, -0.1) is 0 Å². The van der Waals surface area contributed by atoms with Crippen LogP contribution >= 0.6 is 55.4 Å². The fourth-order valence-corrected chi connectivity index (χ4v) is 7.58. The molecule has 0 saturated carbocycles. The van der Waals surface area contributed by atoms with Crippen molar-refractivity contribution in [1.82, 2.24) is 0 Å². The molecule has 0 atom stereocenters. The second-order valence-electron chi connectivity index (χ2n) is 7.07. The zero-order valence-electron chi connectivity index (χ0n) is 15.2. The predicted octanol–water partition coefficient (Wildman–Crippen LogP) is 8.70. The van der Waals surface area contributed by atoms with Gasteiger partial charge >= 0.3 is 0 Å². The maximum Gasteiger partial charge on any atom is 0.0219 e. The van der Waals surface area contributed by atoms with Gasteiger partial charge in [0.2, 0.25) is 0 Å². The largest absolute Gasteiger partial charge is 0.152 e. The minimum Gasteiger partial charge on any atom is -0.152 e. The smallest absolute Gasteiger partial charge is 0.0219 e. The molecule has 0 aliphatic carbocycles. The van der Waals surface area contributed by atoms with E-state index >= 15 is 0 Å². The molecule has 4 bridgehead atoms. The molecule has 4 aliphatic rings. The molecule has 4 aromatic rings. The number of benzene rings is 4. The molecule has 0 saturated heterocycles. The molecule has 0 aromatic heterocycles. The molecule has 0 N–H and O–H groups in total. The summed E-state index contributed by atoms with van der Waals surface area (Å²) in [4.78, 5) is 0. The average Bonchev–Trinajstić information content (AvgIpc) is 2.72. The van der Waals surface area contributed by atoms with E-state index in [0.717, 1.165) is 23.0 Å². The van der Waals surface area contributed by atoms with E-state index in [1.54, 1.807) is 0 Å². The van der Waals surface area contributed by atoms with E-state index in [9.17, 15) is 0 Å². The highest BCUT2D eigenvalue weighted by Gasteiger charge is 2.16. The molecule has 0 fully saturated rings. The first kappa shape index (κ1) is 19.0. The molecular weight excluding hydrogens is 512 g/mol. The molecule has 4 heterocycles. The molecule has 4 heteroatoms. The van der Waals surface area contributed by atoms with Gasteiger partial charge in [0.05, 0.1) is 0 Å². The minimum atomic E-state index is 0.997. The van der Waals surface area contributed by atoms with Gasteiger partial charge in [-0.05, 0) is 55.9 Å². The van der Waals surface area contributed by atoms with Gasteiger partial charge in [-0.3, -0.25) is 0 Å². The van der Waals surface area contributed by atoms with Crippen LogP contribution in [-0.4, -0.2) is 0 Å². The Morgan fingerprint density at radius 2 is 0.893 bits per heavy atom. The van der Waals surface area contributed by atoms with Crippen LogP contribution in [-0.2, 0) is 23.0 Å². The van der Waals surface area contributed by atoms with E-state index in [1.807, 2.05) is 23.5 Å². The molecule has 28 heavy (non-hydrogen) atoms. The second-order valence-corrected chi connectivity index (χ2v) is 10.7. The Balaban J connectivity index is 1.73. The van der Waals surface area contributed by atoms with Gasteiger partial charge in [-0.1, -0.05) is 80.4 Å². The predicted molar refractivity (Wildman–Crippen MR) is 133 cm³/mol. The van der Waals surface area contributed by atoms with Gasteiger partial charge in [0.25, 0.3) is 0 Å². The summed E-state index contributed by atoms with van der Waals surface area (Å²) in [5.74, 6) is 4.02. The zero-order chi connectivity index (χ0) is 19.1. The van der Waals surface area contributed by atoms with Crippen molar-refractivity contribution >= 4 is 76.9 Å². The summed E-state index contributed by atoms with van der Waals surface area (Å²) in [6.07, 6.45) is 0. The maximum atomic E-state index is 3.79. The number of halogens is 2. The summed E-state index contributed by atoms with van der Waals surface area (Å²) in [5.41, 5.74) is 5.64. The molecule has 0 nitrogen and oxygen atoms in total. The maximum absolute atomic E-state index is 3.79. The Hall–Kier alpha value is -0.940. The van der Waals surface area contributed by atoms with Crippen molar-refractivity contribution in [2.24, 2.45) is 0 Å². The fraction of sp³-hybridized carbons (Fsp3) is 0.167. The minimum absolute atomic E-state index is 0.997. The van der Waals surface area contributed by atoms with Gasteiger partial charge in [0, 0.05) is 32.0 Å². The lowest BCUT2D eigenvalue weighted by Gasteiger charge is -2.18. The summed E-state index contributed by atoms with van der Waals surface area (Å²) in [6, 6.07) is 22.5. The summed E-state index contributed by atoms with van der Waals surface area (Å²) < 4.78 is 2.44. The van der Waals surface area contributed by atoms with E-state index in [4.69, 9.17) is 0 Å². The number of hydrogen-bond donors (Lipinski definition) is 0. The van der Waals surface area contributed by atoms with Crippen molar-refractivity contribution in [3.05, 3.63) is 91.9 Å². The standard InChI is InChI=1S/C24H18Br2S2/c25-23-10-16-12-28-14-22-18-6-2-1-5-17(18)21(19-7-3-4-8-20(19)22)13-27-11-15(23)9-24(16)26/h1-10H,11-14H2. The number of thioether (sulfide) groups is 2. The summed E-state index contributed by atoms with van der Waals surface area (Å²) >= 11 is 11.6. The summed E-state index contributed by atoms with van der Waals surface area (Å²) in [5, 5.41) is 5.65. The fourth-order valence-electron chi connectivity index (χ4n) is 4.00. The molecular formula is C24H18Br2S2. The lowest BCUT2D eigenvalue weighted by Crippen LogP contribution is -1.97. The third-order valence-electron chi connectivity index (χ3n) is 5.38. The van der Waals surface area contributed by atoms with E-state index in [0.29, 0.717) is 0 Å². The highest BCUT2D eigenvalue weighted by Crippen LogP contribution is 2.39. The van der Waals surface area contributed by atoms with Crippen LogP contribution in [0.3, 0.4) is 0 Å². The van der Waals surface area contributed by atoms with Crippen molar-refractivity contribution in [1.29, 1.82) is 0 Å². The first-order valence-electron chi connectivity index (χ1n) is 9.26. The van der Waals surface area contributed by atoms with Gasteiger partial charge in [0.1, 0.15) is 0 Å². The lowest BCUT2D eigenvalue weighted by molar-refractivity contribution is 1.28.